The summed E-state index contributed by atoms with van der Waals surface area (Å²) in [5.41, 5.74) is 10.8. The van der Waals surface area contributed by atoms with Gasteiger partial charge in [-0.1, -0.05) is 48.5 Å². The lowest BCUT2D eigenvalue weighted by Gasteiger charge is -2.15. The first-order chi connectivity index (χ1) is 9.58. The molecule has 1 unspecified atom stereocenters. The number of nitrogens with one attached hydrogen (secondary N) is 1. The Labute approximate surface area is 119 Å². The lowest BCUT2D eigenvalue weighted by Crippen LogP contribution is -2.19. The minimum Gasteiger partial charge on any atom is -0.352 e. The zero-order valence-corrected chi connectivity index (χ0v) is 11.9. The molecule has 104 valence electrons. The van der Waals surface area contributed by atoms with Crippen molar-refractivity contribution in [3.8, 4) is 0 Å². The molecule has 0 fully saturated rings. The number of carbonyl (C=O) groups is 1. The van der Waals surface area contributed by atoms with Crippen LogP contribution in [0, 0.1) is 6.92 Å². The summed E-state index contributed by atoms with van der Waals surface area (Å²) >= 11 is 0. The number of carbonyl (C=O) groups excluding carboxylic acids is 1. The second-order valence-electron chi connectivity index (χ2n) is 4.99. The van der Waals surface area contributed by atoms with Crippen molar-refractivity contribution >= 4 is 5.91 Å². The van der Waals surface area contributed by atoms with Crippen molar-refractivity contribution in [2.45, 2.75) is 26.4 Å². The van der Waals surface area contributed by atoms with Gasteiger partial charge < -0.3 is 11.1 Å². The molecule has 0 aromatic heterocycles. The van der Waals surface area contributed by atoms with E-state index < -0.39 is 0 Å². The van der Waals surface area contributed by atoms with Crippen LogP contribution >= 0.6 is 0 Å². The van der Waals surface area contributed by atoms with Crippen LogP contribution in [-0.4, -0.2) is 5.91 Å². The van der Waals surface area contributed by atoms with Gasteiger partial charge in [0.1, 0.15) is 0 Å². The van der Waals surface area contributed by atoms with Crippen LogP contribution in [-0.2, 0) is 11.3 Å². The Hall–Kier alpha value is -2.13. The molecular weight excluding hydrogens is 248 g/mol. The molecule has 1 atom stereocenters. The van der Waals surface area contributed by atoms with Crippen LogP contribution in [0.1, 0.15) is 35.2 Å². The van der Waals surface area contributed by atoms with Gasteiger partial charge in [-0.2, -0.15) is 0 Å². The average Bonchev–Trinajstić information content (AvgIpc) is 2.45. The molecule has 3 heteroatoms. The van der Waals surface area contributed by atoms with Crippen LogP contribution in [0.5, 0.6) is 0 Å². The summed E-state index contributed by atoms with van der Waals surface area (Å²) in [4.78, 5) is 10.9. The normalized spacial score (nSPS) is 11.9. The predicted molar refractivity (Wildman–Crippen MR) is 81.2 cm³/mol. The second kappa shape index (κ2) is 6.35. The highest BCUT2D eigenvalue weighted by molar-refractivity contribution is 5.72. The zero-order chi connectivity index (χ0) is 14.5. The third-order valence-electron chi connectivity index (χ3n) is 3.40. The van der Waals surface area contributed by atoms with Crippen molar-refractivity contribution in [1.82, 2.24) is 5.32 Å². The van der Waals surface area contributed by atoms with Gasteiger partial charge in [0, 0.05) is 13.5 Å². The average molecular weight is 268 g/mol. The van der Waals surface area contributed by atoms with Crippen LogP contribution in [0.2, 0.25) is 0 Å². The Kier molecular flexibility index (Phi) is 4.53. The van der Waals surface area contributed by atoms with E-state index in [-0.39, 0.29) is 11.9 Å². The second-order valence-corrected chi connectivity index (χ2v) is 4.99. The monoisotopic (exact) mass is 268 g/mol. The van der Waals surface area contributed by atoms with Crippen LogP contribution < -0.4 is 11.1 Å². The Bertz CT molecular complexity index is 590. The minimum atomic E-state index is -0.119. The van der Waals surface area contributed by atoms with Crippen molar-refractivity contribution in [3.05, 3.63) is 70.8 Å². The fourth-order valence-corrected chi connectivity index (χ4v) is 2.18. The van der Waals surface area contributed by atoms with E-state index in [4.69, 9.17) is 5.73 Å². The van der Waals surface area contributed by atoms with Crippen LogP contribution in [0.4, 0.5) is 0 Å². The summed E-state index contributed by atoms with van der Waals surface area (Å²) in [6.07, 6.45) is 0. The number of hydrogen-bond donors (Lipinski definition) is 2. The molecule has 0 spiro atoms. The van der Waals surface area contributed by atoms with Crippen LogP contribution in [0.3, 0.4) is 0 Å². The number of benzene rings is 2. The van der Waals surface area contributed by atoms with Crippen molar-refractivity contribution in [3.63, 3.8) is 0 Å². The molecule has 2 aromatic carbocycles. The molecule has 3 nitrogen and oxygen atoms in total. The molecule has 0 bridgehead atoms. The van der Waals surface area contributed by atoms with E-state index in [1.54, 1.807) is 0 Å². The first-order valence-electron chi connectivity index (χ1n) is 6.72. The van der Waals surface area contributed by atoms with Gasteiger partial charge >= 0.3 is 0 Å². The highest BCUT2D eigenvalue weighted by Crippen LogP contribution is 2.22. The van der Waals surface area contributed by atoms with E-state index in [0.29, 0.717) is 6.54 Å². The fourth-order valence-electron chi connectivity index (χ4n) is 2.18. The van der Waals surface area contributed by atoms with Crippen molar-refractivity contribution in [2.24, 2.45) is 5.73 Å². The zero-order valence-electron chi connectivity index (χ0n) is 11.9. The molecule has 0 saturated heterocycles. The summed E-state index contributed by atoms with van der Waals surface area (Å²) in [5.74, 6) is -0.0225. The molecule has 2 rings (SSSR count). The number of aryl methyl sites for hydroxylation is 1. The molecule has 0 aliphatic heterocycles. The van der Waals surface area contributed by atoms with Crippen LogP contribution in [0.15, 0.2) is 48.5 Å². The van der Waals surface area contributed by atoms with Crippen LogP contribution in [0.25, 0.3) is 0 Å². The van der Waals surface area contributed by atoms with E-state index in [1.165, 1.54) is 12.5 Å². The molecule has 0 aliphatic rings. The predicted octanol–water partition coefficient (Wildman–Crippen LogP) is 2.68. The van der Waals surface area contributed by atoms with Gasteiger partial charge in [-0.25, -0.2) is 0 Å². The van der Waals surface area contributed by atoms with E-state index in [2.05, 4.69) is 24.4 Å². The summed E-state index contributed by atoms with van der Waals surface area (Å²) < 4.78 is 0. The molecular formula is C17H20N2O. The lowest BCUT2D eigenvalue weighted by molar-refractivity contribution is -0.119. The molecule has 0 saturated carbocycles. The molecule has 0 radical (unpaired) electrons. The molecule has 2 aromatic rings. The van der Waals surface area contributed by atoms with Gasteiger partial charge in [0.15, 0.2) is 0 Å². The molecule has 20 heavy (non-hydrogen) atoms. The SMILES string of the molecule is CC(=O)NCc1ccc(C(N)c2ccccc2C)cc1. The maximum absolute atomic E-state index is 10.9. The van der Waals surface area contributed by atoms with Gasteiger partial charge in [0.25, 0.3) is 0 Å². The summed E-state index contributed by atoms with van der Waals surface area (Å²) in [7, 11) is 0. The van der Waals surface area contributed by atoms with Gasteiger partial charge in [0.05, 0.1) is 6.04 Å². The third kappa shape index (κ3) is 3.45. The maximum atomic E-state index is 10.9. The van der Waals surface area contributed by atoms with Gasteiger partial charge in [0.2, 0.25) is 5.91 Å². The standard InChI is InChI=1S/C17H20N2O/c1-12-5-3-4-6-16(12)17(18)15-9-7-14(8-10-15)11-19-13(2)20/h3-10,17H,11,18H2,1-2H3,(H,19,20). The van der Waals surface area contributed by atoms with E-state index in [1.807, 2.05) is 36.4 Å². The van der Waals surface area contributed by atoms with Gasteiger partial charge in [-0.05, 0) is 29.2 Å². The Morgan fingerprint density at radius 3 is 2.40 bits per heavy atom. The summed E-state index contributed by atoms with van der Waals surface area (Å²) in [5, 5.41) is 2.78. The Balaban J connectivity index is 2.13. The van der Waals surface area contributed by atoms with E-state index in [0.717, 1.165) is 16.7 Å². The lowest BCUT2D eigenvalue weighted by atomic mass is 9.95. The third-order valence-corrected chi connectivity index (χ3v) is 3.40. The summed E-state index contributed by atoms with van der Waals surface area (Å²) in [6.45, 7) is 4.14. The molecule has 0 heterocycles. The number of hydrogen-bond acceptors (Lipinski definition) is 2. The fraction of sp³-hybridized carbons (Fsp3) is 0.235. The van der Waals surface area contributed by atoms with Crippen molar-refractivity contribution in [2.75, 3.05) is 0 Å². The Morgan fingerprint density at radius 1 is 1.15 bits per heavy atom. The highest BCUT2D eigenvalue weighted by atomic mass is 16.1. The number of rotatable bonds is 4. The topological polar surface area (TPSA) is 55.1 Å². The smallest absolute Gasteiger partial charge is 0.217 e. The molecule has 3 N–H and O–H groups in total. The maximum Gasteiger partial charge on any atom is 0.217 e. The molecule has 0 aliphatic carbocycles. The highest BCUT2D eigenvalue weighted by Gasteiger charge is 2.10. The largest absolute Gasteiger partial charge is 0.352 e. The first-order valence-corrected chi connectivity index (χ1v) is 6.72. The quantitative estimate of drug-likeness (QED) is 0.895. The number of amides is 1. The van der Waals surface area contributed by atoms with Crippen molar-refractivity contribution in [1.29, 1.82) is 0 Å². The molecule has 1 amide bonds. The van der Waals surface area contributed by atoms with Gasteiger partial charge in [-0.3, -0.25) is 4.79 Å². The first kappa shape index (κ1) is 14.3. The van der Waals surface area contributed by atoms with Crippen molar-refractivity contribution < 1.29 is 4.79 Å². The Morgan fingerprint density at radius 2 is 1.80 bits per heavy atom. The number of nitrogens with two attached hydrogens (primary N) is 1. The van der Waals surface area contributed by atoms with E-state index in [9.17, 15) is 4.79 Å². The summed E-state index contributed by atoms with van der Waals surface area (Å²) in [6, 6.07) is 16.1. The van der Waals surface area contributed by atoms with E-state index >= 15 is 0 Å². The van der Waals surface area contributed by atoms with Gasteiger partial charge in [-0.15, -0.1) is 0 Å². The minimum absolute atomic E-state index is 0.0225.